The number of aliphatic carboxylic acids is 1. The van der Waals surface area contributed by atoms with Crippen LogP contribution >= 0.6 is 0 Å². The molecule has 12 heavy (non-hydrogen) atoms. The Morgan fingerprint density at radius 2 is 2.17 bits per heavy atom. The van der Waals surface area contributed by atoms with Crippen molar-refractivity contribution in [3.8, 4) is 0 Å². The SMILES string of the molecule is CC1(C)C[C@]12CN[C@H](C(=O)O)C2. The molecule has 0 amide bonds. The zero-order valence-corrected chi connectivity index (χ0v) is 7.55. The lowest BCUT2D eigenvalue weighted by molar-refractivity contribution is -0.139. The van der Waals surface area contributed by atoms with Crippen LogP contribution in [0.1, 0.15) is 26.7 Å². The highest BCUT2D eigenvalue weighted by molar-refractivity contribution is 5.74. The lowest BCUT2D eigenvalue weighted by atomic mass is 9.93. The first-order chi connectivity index (χ1) is 5.47. The Kier molecular flexibility index (Phi) is 1.35. The topological polar surface area (TPSA) is 49.3 Å². The fourth-order valence-corrected chi connectivity index (χ4v) is 2.48. The molecule has 1 aliphatic heterocycles. The van der Waals surface area contributed by atoms with E-state index in [-0.39, 0.29) is 6.04 Å². The lowest BCUT2D eigenvalue weighted by Gasteiger charge is -2.10. The number of nitrogens with one attached hydrogen (secondary N) is 1. The molecular formula is C9H15NO2. The Morgan fingerprint density at radius 1 is 1.58 bits per heavy atom. The first kappa shape index (κ1) is 8.05. The zero-order valence-electron chi connectivity index (χ0n) is 7.55. The van der Waals surface area contributed by atoms with Crippen molar-refractivity contribution in [2.24, 2.45) is 10.8 Å². The first-order valence-corrected chi connectivity index (χ1v) is 4.43. The number of hydrogen-bond donors (Lipinski definition) is 2. The molecule has 0 aromatic carbocycles. The van der Waals surface area contributed by atoms with Crippen LogP contribution in [0.15, 0.2) is 0 Å². The molecule has 1 heterocycles. The Bertz CT molecular complexity index is 237. The van der Waals surface area contributed by atoms with Gasteiger partial charge in [0.1, 0.15) is 6.04 Å². The highest BCUT2D eigenvalue weighted by Gasteiger charge is 2.64. The van der Waals surface area contributed by atoms with Crippen molar-refractivity contribution in [2.75, 3.05) is 6.54 Å². The summed E-state index contributed by atoms with van der Waals surface area (Å²) in [6, 6.07) is -0.299. The van der Waals surface area contributed by atoms with E-state index in [1.807, 2.05) is 0 Å². The third-order valence-electron chi connectivity index (χ3n) is 3.67. The van der Waals surface area contributed by atoms with Crippen LogP contribution in [-0.2, 0) is 4.79 Å². The quantitative estimate of drug-likeness (QED) is 0.611. The van der Waals surface area contributed by atoms with E-state index >= 15 is 0 Å². The average molecular weight is 169 g/mol. The monoisotopic (exact) mass is 169 g/mol. The highest BCUT2D eigenvalue weighted by atomic mass is 16.4. The minimum Gasteiger partial charge on any atom is -0.480 e. The molecular weight excluding hydrogens is 154 g/mol. The maximum Gasteiger partial charge on any atom is 0.320 e. The van der Waals surface area contributed by atoms with Crippen molar-refractivity contribution in [3.05, 3.63) is 0 Å². The summed E-state index contributed by atoms with van der Waals surface area (Å²) in [6.07, 6.45) is 1.99. The minimum absolute atomic E-state index is 0.299. The smallest absolute Gasteiger partial charge is 0.320 e. The third kappa shape index (κ3) is 0.891. The summed E-state index contributed by atoms with van der Waals surface area (Å²) in [5.41, 5.74) is 0.667. The van der Waals surface area contributed by atoms with Gasteiger partial charge in [0, 0.05) is 6.54 Å². The molecule has 0 aromatic heterocycles. The van der Waals surface area contributed by atoms with Crippen LogP contribution in [0.25, 0.3) is 0 Å². The number of hydrogen-bond acceptors (Lipinski definition) is 2. The second-order valence-corrected chi connectivity index (χ2v) is 4.82. The predicted octanol–water partition coefficient (Wildman–Crippen LogP) is 0.849. The van der Waals surface area contributed by atoms with Crippen LogP contribution < -0.4 is 5.32 Å². The van der Waals surface area contributed by atoms with Crippen molar-refractivity contribution in [1.82, 2.24) is 5.32 Å². The number of carboxylic acids is 1. The van der Waals surface area contributed by atoms with E-state index in [4.69, 9.17) is 5.11 Å². The second kappa shape index (κ2) is 2.02. The predicted molar refractivity (Wildman–Crippen MR) is 44.9 cm³/mol. The fraction of sp³-hybridized carbons (Fsp3) is 0.889. The molecule has 0 radical (unpaired) electrons. The summed E-state index contributed by atoms with van der Waals surface area (Å²) in [6.45, 7) is 5.33. The summed E-state index contributed by atoms with van der Waals surface area (Å²) in [5.74, 6) is -0.699. The molecule has 0 bridgehead atoms. The molecule has 3 nitrogen and oxygen atoms in total. The zero-order chi connectivity index (χ0) is 8.98. The van der Waals surface area contributed by atoms with Crippen LogP contribution in [0.3, 0.4) is 0 Å². The molecule has 2 rings (SSSR count). The number of carboxylic acid groups (broad SMARTS) is 1. The van der Waals surface area contributed by atoms with Gasteiger partial charge in [-0.15, -0.1) is 0 Å². The molecule has 3 heteroatoms. The van der Waals surface area contributed by atoms with Crippen LogP contribution in [0.2, 0.25) is 0 Å². The molecule has 0 aromatic rings. The van der Waals surface area contributed by atoms with Crippen LogP contribution in [0, 0.1) is 10.8 Å². The number of carbonyl (C=O) groups is 1. The van der Waals surface area contributed by atoms with E-state index < -0.39 is 5.97 Å². The van der Waals surface area contributed by atoms with E-state index in [9.17, 15) is 4.79 Å². The van der Waals surface area contributed by atoms with Crippen molar-refractivity contribution in [1.29, 1.82) is 0 Å². The van der Waals surface area contributed by atoms with Gasteiger partial charge < -0.3 is 10.4 Å². The van der Waals surface area contributed by atoms with Crippen LogP contribution in [0.5, 0.6) is 0 Å². The fourth-order valence-electron chi connectivity index (χ4n) is 2.48. The van der Waals surface area contributed by atoms with E-state index in [1.54, 1.807) is 0 Å². The molecule has 68 valence electrons. The molecule has 0 unspecified atom stereocenters. The van der Waals surface area contributed by atoms with Crippen molar-refractivity contribution < 1.29 is 9.90 Å². The van der Waals surface area contributed by atoms with E-state index in [2.05, 4.69) is 19.2 Å². The number of rotatable bonds is 1. The summed E-state index contributed by atoms with van der Waals surface area (Å²) < 4.78 is 0. The van der Waals surface area contributed by atoms with E-state index in [1.165, 1.54) is 6.42 Å². The molecule has 1 saturated carbocycles. The molecule has 2 N–H and O–H groups in total. The Balaban J connectivity index is 2.05. The normalized spacial score (nSPS) is 43.3. The van der Waals surface area contributed by atoms with Gasteiger partial charge in [0.25, 0.3) is 0 Å². The van der Waals surface area contributed by atoms with E-state index in [0.29, 0.717) is 10.8 Å². The van der Waals surface area contributed by atoms with Crippen molar-refractivity contribution >= 4 is 5.97 Å². The summed E-state index contributed by atoms with van der Waals surface area (Å²) in [4.78, 5) is 10.7. The lowest BCUT2D eigenvalue weighted by Crippen LogP contribution is -2.29. The van der Waals surface area contributed by atoms with Gasteiger partial charge in [-0.05, 0) is 23.7 Å². The molecule has 1 spiro atoms. The van der Waals surface area contributed by atoms with Crippen LogP contribution in [0.4, 0.5) is 0 Å². The highest BCUT2D eigenvalue weighted by Crippen LogP contribution is 2.67. The largest absolute Gasteiger partial charge is 0.480 e. The molecule has 1 saturated heterocycles. The minimum atomic E-state index is -0.699. The van der Waals surface area contributed by atoms with Gasteiger partial charge in [-0.1, -0.05) is 13.8 Å². The van der Waals surface area contributed by atoms with Gasteiger partial charge >= 0.3 is 5.97 Å². The maximum absolute atomic E-state index is 10.7. The molecule has 1 aliphatic carbocycles. The first-order valence-electron chi connectivity index (χ1n) is 4.43. The van der Waals surface area contributed by atoms with Gasteiger partial charge in [0.05, 0.1) is 0 Å². The van der Waals surface area contributed by atoms with Crippen molar-refractivity contribution in [3.63, 3.8) is 0 Å². The van der Waals surface area contributed by atoms with Crippen molar-refractivity contribution in [2.45, 2.75) is 32.7 Å². The van der Waals surface area contributed by atoms with E-state index in [0.717, 1.165) is 13.0 Å². The molecule has 2 aliphatic rings. The summed E-state index contributed by atoms with van der Waals surface area (Å²) in [5, 5.41) is 11.8. The standard InChI is InChI=1S/C9H15NO2/c1-8(2)4-9(8)3-6(7(11)12)10-5-9/h6,10H,3-5H2,1-2H3,(H,11,12)/t6-,9+/m0/s1. The van der Waals surface area contributed by atoms with Gasteiger partial charge in [-0.2, -0.15) is 0 Å². The Hall–Kier alpha value is -0.570. The van der Waals surface area contributed by atoms with Gasteiger partial charge in [-0.25, -0.2) is 0 Å². The maximum atomic E-state index is 10.7. The molecule has 2 fully saturated rings. The summed E-state index contributed by atoms with van der Waals surface area (Å²) >= 11 is 0. The average Bonchev–Trinajstić information content (AvgIpc) is 2.38. The molecule has 2 atom stereocenters. The Morgan fingerprint density at radius 3 is 2.42 bits per heavy atom. The third-order valence-corrected chi connectivity index (χ3v) is 3.67. The van der Waals surface area contributed by atoms with Gasteiger partial charge in [-0.3, -0.25) is 4.79 Å². The van der Waals surface area contributed by atoms with Gasteiger partial charge in [0.2, 0.25) is 0 Å². The van der Waals surface area contributed by atoms with Gasteiger partial charge in [0.15, 0.2) is 0 Å². The summed E-state index contributed by atoms with van der Waals surface area (Å²) in [7, 11) is 0. The van der Waals surface area contributed by atoms with Crippen LogP contribution in [-0.4, -0.2) is 23.7 Å². The Labute approximate surface area is 72.2 Å². The second-order valence-electron chi connectivity index (χ2n) is 4.82.